The summed E-state index contributed by atoms with van der Waals surface area (Å²) in [5, 5.41) is 7.63. The van der Waals surface area contributed by atoms with Crippen molar-refractivity contribution < 1.29 is 13.9 Å². The van der Waals surface area contributed by atoms with Gasteiger partial charge < -0.3 is 14.5 Å². The van der Waals surface area contributed by atoms with Crippen LogP contribution in [0.1, 0.15) is 6.92 Å². The number of piperazine rings is 1. The Balaban J connectivity index is 1.58. The largest absolute Gasteiger partial charge is 0.434 e. The second-order valence-corrected chi connectivity index (χ2v) is 8.57. The number of rotatable bonds is 4. The molecule has 4 aromatic rings. The van der Waals surface area contributed by atoms with E-state index in [0.717, 1.165) is 0 Å². The molecule has 1 aliphatic heterocycles. The summed E-state index contributed by atoms with van der Waals surface area (Å²) in [7, 11) is 0. The minimum absolute atomic E-state index is 0.0321. The zero-order valence-corrected chi connectivity index (χ0v) is 19.4. The second kappa shape index (κ2) is 8.69. The Morgan fingerprint density at radius 3 is 2.88 bits per heavy atom. The van der Waals surface area contributed by atoms with Crippen LogP contribution in [0.15, 0.2) is 37.3 Å². The highest BCUT2D eigenvalue weighted by atomic mass is 35.5. The number of nitrogens with zero attached hydrogens (tertiary/aromatic N) is 6. The standard InChI is InChI=1S/C22H18Cl2FN7O2/c1-3-17(33)31-4-5-32(11(2)9-31)21-12-6-16(23)29-22(19(12)26-10-27-21)34-20-13-8-28-30-15(13)7-14(25)18(20)24/h3,6-8,10-11H,1,4-5,9H2,2H3,(H,28,30)/t11-/m1/s1. The van der Waals surface area contributed by atoms with E-state index >= 15 is 0 Å². The summed E-state index contributed by atoms with van der Waals surface area (Å²) < 4.78 is 20.4. The number of carbonyl (C=O) groups is 1. The van der Waals surface area contributed by atoms with E-state index in [1.165, 1.54) is 24.7 Å². The highest BCUT2D eigenvalue weighted by Crippen LogP contribution is 2.40. The Morgan fingerprint density at radius 1 is 1.29 bits per heavy atom. The summed E-state index contributed by atoms with van der Waals surface area (Å²) in [6, 6.07) is 2.85. The monoisotopic (exact) mass is 501 g/mol. The SMILES string of the molecule is C=CC(=O)N1CCN(c2ncnc3c(Oc4c(Cl)c(F)cc5[nH]ncc45)nc(Cl)cc23)[C@H](C)C1. The van der Waals surface area contributed by atoms with E-state index in [1.807, 2.05) is 6.92 Å². The molecule has 5 rings (SSSR count). The molecule has 12 heteroatoms. The summed E-state index contributed by atoms with van der Waals surface area (Å²) in [5.41, 5.74) is 0.794. The molecule has 1 aromatic carbocycles. The Morgan fingerprint density at radius 2 is 2.12 bits per heavy atom. The normalized spacial score (nSPS) is 16.3. The van der Waals surface area contributed by atoms with Crippen LogP contribution in [0, 0.1) is 5.82 Å². The van der Waals surface area contributed by atoms with Crippen molar-refractivity contribution in [3.8, 4) is 11.6 Å². The van der Waals surface area contributed by atoms with Crippen LogP contribution in [0.4, 0.5) is 10.2 Å². The van der Waals surface area contributed by atoms with Crippen LogP contribution in [0.2, 0.25) is 10.2 Å². The lowest BCUT2D eigenvalue weighted by Gasteiger charge is -2.40. The van der Waals surface area contributed by atoms with Gasteiger partial charge in [0.15, 0.2) is 5.75 Å². The van der Waals surface area contributed by atoms with Gasteiger partial charge in [0.1, 0.15) is 33.7 Å². The molecule has 1 N–H and O–H groups in total. The van der Waals surface area contributed by atoms with E-state index in [4.69, 9.17) is 27.9 Å². The number of pyridine rings is 1. The predicted octanol–water partition coefficient (Wildman–Crippen LogP) is 4.36. The lowest BCUT2D eigenvalue weighted by Crippen LogP contribution is -2.53. The number of fused-ring (bicyclic) bond motifs is 2. The minimum Gasteiger partial charge on any atom is -0.434 e. The topological polar surface area (TPSA) is 100 Å². The number of hydrogen-bond donors (Lipinski definition) is 1. The smallest absolute Gasteiger partial charge is 0.247 e. The van der Waals surface area contributed by atoms with Gasteiger partial charge in [-0.05, 0) is 19.1 Å². The molecule has 0 spiro atoms. The molecule has 0 saturated carbocycles. The van der Waals surface area contributed by atoms with E-state index in [-0.39, 0.29) is 33.8 Å². The zero-order valence-electron chi connectivity index (χ0n) is 17.9. The van der Waals surface area contributed by atoms with Gasteiger partial charge in [0, 0.05) is 31.7 Å². The molecule has 0 radical (unpaired) electrons. The third-order valence-electron chi connectivity index (χ3n) is 5.72. The van der Waals surface area contributed by atoms with Crippen LogP contribution in [-0.4, -0.2) is 61.6 Å². The van der Waals surface area contributed by atoms with Crippen molar-refractivity contribution in [2.75, 3.05) is 24.5 Å². The van der Waals surface area contributed by atoms with Crippen molar-refractivity contribution in [2.45, 2.75) is 13.0 Å². The van der Waals surface area contributed by atoms with Gasteiger partial charge in [0.05, 0.1) is 22.5 Å². The number of amides is 1. The van der Waals surface area contributed by atoms with Gasteiger partial charge in [-0.1, -0.05) is 29.8 Å². The van der Waals surface area contributed by atoms with Crippen LogP contribution in [0.25, 0.3) is 21.8 Å². The molecule has 34 heavy (non-hydrogen) atoms. The number of hydrogen-bond acceptors (Lipinski definition) is 7. The minimum atomic E-state index is -0.671. The van der Waals surface area contributed by atoms with E-state index in [0.29, 0.717) is 47.3 Å². The summed E-state index contributed by atoms with van der Waals surface area (Å²) in [4.78, 5) is 28.9. The second-order valence-electron chi connectivity index (χ2n) is 7.81. The van der Waals surface area contributed by atoms with Crippen LogP contribution in [0.5, 0.6) is 11.6 Å². The molecule has 1 fully saturated rings. The number of halogens is 3. The van der Waals surface area contributed by atoms with Gasteiger partial charge >= 0.3 is 0 Å². The number of ether oxygens (including phenoxy) is 1. The fourth-order valence-corrected chi connectivity index (χ4v) is 4.47. The maximum Gasteiger partial charge on any atom is 0.247 e. The van der Waals surface area contributed by atoms with E-state index in [2.05, 4.69) is 36.6 Å². The molecule has 0 unspecified atom stereocenters. The lowest BCUT2D eigenvalue weighted by atomic mass is 10.1. The number of benzene rings is 1. The Kier molecular flexibility index (Phi) is 5.70. The average molecular weight is 502 g/mol. The van der Waals surface area contributed by atoms with Crippen LogP contribution >= 0.6 is 23.2 Å². The molecule has 1 saturated heterocycles. The highest BCUT2D eigenvalue weighted by molar-refractivity contribution is 6.33. The van der Waals surface area contributed by atoms with Gasteiger partial charge in [-0.3, -0.25) is 9.89 Å². The molecule has 4 heterocycles. The lowest BCUT2D eigenvalue weighted by molar-refractivity contribution is -0.126. The van der Waals surface area contributed by atoms with Gasteiger partial charge in [-0.25, -0.2) is 14.4 Å². The van der Waals surface area contributed by atoms with Gasteiger partial charge in [-0.15, -0.1) is 0 Å². The Labute approximate surface area is 203 Å². The van der Waals surface area contributed by atoms with Crippen LogP contribution in [0.3, 0.4) is 0 Å². The first-order chi connectivity index (χ1) is 16.4. The van der Waals surface area contributed by atoms with Crippen molar-refractivity contribution in [3.05, 3.63) is 53.3 Å². The molecule has 3 aromatic heterocycles. The molecule has 0 aliphatic carbocycles. The summed E-state index contributed by atoms with van der Waals surface area (Å²) in [6.45, 7) is 7.13. The fraction of sp³-hybridized carbons (Fsp3) is 0.227. The first-order valence-corrected chi connectivity index (χ1v) is 11.1. The number of H-pyrrole nitrogens is 1. The molecule has 1 atom stereocenters. The number of nitrogens with one attached hydrogen (secondary N) is 1. The Hall–Kier alpha value is -3.50. The average Bonchev–Trinajstić information content (AvgIpc) is 3.29. The molecular weight excluding hydrogens is 484 g/mol. The van der Waals surface area contributed by atoms with Crippen molar-refractivity contribution in [3.63, 3.8) is 0 Å². The highest BCUT2D eigenvalue weighted by Gasteiger charge is 2.29. The molecule has 1 aliphatic rings. The van der Waals surface area contributed by atoms with Crippen LogP contribution < -0.4 is 9.64 Å². The maximum absolute atomic E-state index is 14.4. The number of aromatic amines is 1. The van der Waals surface area contributed by atoms with E-state index in [9.17, 15) is 9.18 Å². The van der Waals surface area contributed by atoms with E-state index in [1.54, 1.807) is 11.0 Å². The van der Waals surface area contributed by atoms with Crippen molar-refractivity contribution in [1.29, 1.82) is 0 Å². The number of anilines is 1. The quantitative estimate of drug-likeness (QED) is 0.327. The van der Waals surface area contributed by atoms with Crippen molar-refractivity contribution >= 4 is 56.7 Å². The van der Waals surface area contributed by atoms with Crippen LogP contribution in [-0.2, 0) is 4.79 Å². The zero-order chi connectivity index (χ0) is 24.0. The van der Waals surface area contributed by atoms with Gasteiger partial charge in [0.2, 0.25) is 11.8 Å². The molecular formula is C22H18Cl2FN7O2. The summed E-state index contributed by atoms with van der Waals surface area (Å²) in [6.07, 6.45) is 4.19. The number of aromatic nitrogens is 5. The third kappa shape index (κ3) is 3.78. The maximum atomic E-state index is 14.4. The van der Waals surface area contributed by atoms with Gasteiger partial charge in [-0.2, -0.15) is 10.1 Å². The number of carbonyl (C=O) groups excluding carboxylic acids is 1. The van der Waals surface area contributed by atoms with Crippen molar-refractivity contribution in [1.82, 2.24) is 30.0 Å². The first kappa shape index (κ1) is 22.3. The molecule has 9 nitrogen and oxygen atoms in total. The molecule has 1 amide bonds. The van der Waals surface area contributed by atoms with Crippen molar-refractivity contribution in [2.24, 2.45) is 0 Å². The summed E-state index contributed by atoms with van der Waals surface area (Å²) >= 11 is 12.5. The fourth-order valence-electron chi connectivity index (χ4n) is 4.09. The molecule has 174 valence electrons. The molecule has 0 bridgehead atoms. The predicted molar refractivity (Wildman–Crippen MR) is 127 cm³/mol. The van der Waals surface area contributed by atoms with E-state index < -0.39 is 5.82 Å². The Bertz CT molecular complexity index is 1440. The van der Waals surface area contributed by atoms with Gasteiger partial charge in [0.25, 0.3) is 0 Å². The third-order valence-corrected chi connectivity index (χ3v) is 6.26. The first-order valence-electron chi connectivity index (χ1n) is 10.4. The summed E-state index contributed by atoms with van der Waals surface area (Å²) in [5.74, 6) is -0.0627.